The Labute approximate surface area is 648 Å². The second-order valence-corrected chi connectivity index (χ2v) is 39.0. The fourth-order valence-corrected chi connectivity index (χ4v) is 12.4. The molecule has 0 radical (unpaired) electrons. The summed E-state index contributed by atoms with van der Waals surface area (Å²) in [6.45, 7) is 47.8. The number of nitrogens with two attached hydrogens (primary N) is 3. The summed E-state index contributed by atoms with van der Waals surface area (Å²) in [6.07, 6.45) is 3.81. The zero-order chi connectivity index (χ0) is 81.2. The molecule has 16 N–H and O–H groups in total. The summed E-state index contributed by atoms with van der Waals surface area (Å²) in [5.74, 6) is 2.73. The molecule has 0 aliphatic heterocycles. The van der Waals surface area contributed by atoms with Crippen molar-refractivity contribution in [3.8, 4) is 0 Å². The monoisotopic (exact) mass is 1620 g/mol. The lowest BCUT2D eigenvalue weighted by atomic mass is 10.1. The molecule has 0 heterocycles. The Kier molecular flexibility index (Phi) is 104. The quantitative estimate of drug-likeness (QED) is 0.0252. The molecule has 0 bridgehead atoms. The van der Waals surface area contributed by atoms with E-state index in [1.54, 1.807) is 84.6 Å². The minimum Gasteiger partial charge on any atom is -0.480 e. The van der Waals surface area contributed by atoms with Crippen LogP contribution in [0.15, 0.2) is 0 Å². The third-order valence-corrected chi connectivity index (χ3v) is 21.0. The van der Waals surface area contributed by atoms with Gasteiger partial charge in [-0.15, -0.1) is 0 Å². The Balaban J connectivity index is -0.000000116. The second-order valence-electron chi connectivity index (χ2n) is 24.1. The third-order valence-electron chi connectivity index (χ3n) is 10.4. The molecule has 24 nitrogen and oxygen atoms in total. The number of hydrogen-bond acceptors (Lipinski definition) is 26. The number of carboxylic acid groups (broad SMARTS) is 4. The van der Waals surface area contributed by atoms with Crippen LogP contribution in [0.25, 0.3) is 0 Å². The van der Waals surface area contributed by atoms with Gasteiger partial charge >= 0.3 is 30.0 Å². The molecule has 0 aliphatic carbocycles. The maximum Gasteiger partial charge on any atom is 0.373 e. The number of Topliss-reactive ketones (excluding diaryl/α,β-unsaturated/α-hetero) is 1. The summed E-state index contributed by atoms with van der Waals surface area (Å²) in [5, 5.41) is 73.2. The van der Waals surface area contributed by atoms with Crippen LogP contribution in [0.4, 0.5) is 0 Å². The Hall–Kier alpha value is -1.79. The van der Waals surface area contributed by atoms with Gasteiger partial charge in [-0.2, -0.15) is 115 Å². The molecular formula is C68H142N6O18S9. The lowest BCUT2D eigenvalue weighted by Crippen LogP contribution is -2.42. The number of thioether (sulfide) groups is 9. The van der Waals surface area contributed by atoms with Gasteiger partial charge in [0.15, 0.2) is 5.78 Å². The predicted octanol–water partition coefficient (Wildman–Crippen LogP) is 10.7. The van der Waals surface area contributed by atoms with Crippen LogP contribution in [0.5, 0.6) is 0 Å². The Morgan fingerprint density at radius 3 is 1.09 bits per heavy atom. The van der Waals surface area contributed by atoms with Crippen molar-refractivity contribution in [2.24, 2.45) is 17.2 Å². The number of methoxy groups -OCH3 is 1. The van der Waals surface area contributed by atoms with E-state index < -0.39 is 60.3 Å². The van der Waals surface area contributed by atoms with E-state index in [0.29, 0.717) is 105 Å². The van der Waals surface area contributed by atoms with Crippen LogP contribution in [0.3, 0.4) is 0 Å². The van der Waals surface area contributed by atoms with Gasteiger partial charge in [0.05, 0.1) is 31.5 Å². The zero-order valence-corrected chi connectivity index (χ0v) is 73.0. The highest BCUT2D eigenvalue weighted by Crippen LogP contribution is 2.16. The summed E-state index contributed by atoms with van der Waals surface area (Å²) in [7, 11) is 1.74. The van der Waals surface area contributed by atoms with Crippen LogP contribution in [0, 0.1) is 0 Å². The Morgan fingerprint density at radius 2 is 0.782 bits per heavy atom. The van der Waals surface area contributed by atoms with Gasteiger partial charge in [0.25, 0.3) is 0 Å². The van der Waals surface area contributed by atoms with Crippen molar-refractivity contribution in [2.75, 3.05) is 78.6 Å². The van der Waals surface area contributed by atoms with E-state index in [9.17, 15) is 38.4 Å². The number of carboxylic acids is 4. The summed E-state index contributed by atoms with van der Waals surface area (Å²) in [6, 6.07) is -3.28. The lowest BCUT2D eigenvalue weighted by Gasteiger charge is -2.18. The number of carbonyl (C=O) groups excluding carboxylic acids is 6. The minimum absolute atomic E-state index is 0.0701. The first kappa shape index (κ1) is 120. The van der Waals surface area contributed by atoms with Gasteiger partial charge in [0, 0.05) is 68.3 Å². The molecule has 7 atom stereocenters. The average Bonchev–Trinajstić information content (AvgIpc) is 0.943. The highest BCUT2D eigenvalue weighted by atomic mass is 32.2. The molecule has 0 saturated carbocycles. The van der Waals surface area contributed by atoms with E-state index in [1.165, 1.54) is 37.8 Å². The number of carbonyl (C=O) groups is 8. The van der Waals surface area contributed by atoms with E-state index in [2.05, 4.69) is 120 Å². The molecule has 0 spiro atoms. The van der Waals surface area contributed by atoms with E-state index in [4.69, 9.17) is 67.3 Å². The Bertz CT molecular complexity index is 1960. The predicted molar refractivity (Wildman–Crippen MR) is 441 cm³/mol. The van der Waals surface area contributed by atoms with Crippen molar-refractivity contribution in [3.63, 3.8) is 0 Å². The maximum atomic E-state index is 11.9. The molecule has 0 aromatic carbocycles. The molecule has 0 fully saturated rings. The summed E-state index contributed by atoms with van der Waals surface area (Å²) in [4.78, 5) is 103. The molecule has 606 valence electrons. The SMILES string of the molecule is CC(=O)NC(CCSC(C)C)C(=O)O.CC(=O)NC(CSC(C)C)C(=O)O.CC(C)SCC(N)C(=O)O.CC(C)SCC(O)C(C)O.CC(C)SCCC(N)C(=O)O.CC(C)SCCO.CCCC(=O)C(CSC(C)C)NC(=O)CCCN.CCCSC(C)C.COCCSC(C)C.O=C=O. The first-order valence-corrected chi connectivity index (χ1v) is 43.6. The fraction of sp³-hybridized carbons (Fsp3) is 0.868. The normalized spacial score (nSPS) is 12.5. The topological polar surface area (TPSA) is 436 Å². The molecule has 101 heavy (non-hydrogen) atoms. The molecule has 0 rings (SSSR count). The van der Waals surface area contributed by atoms with Crippen molar-refractivity contribution in [1.29, 1.82) is 0 Å². The van der Waals surface area contributed by atoms with Gasteiger partial charge in [-0.05, 0) is 110 Å². The number of nitrogens with one attached hydrogen (secondary N) is 3. The van der Waals surface area contributed by atoms with Crippen molar-refractivity contribution in [2.45, 2.75) is 294 Å². The first-order chi connectivity index (χ1) is 46.7. The minimum atomic E-state index is -0.983. The van der Waals surface area contributed by atoms with Gasteiger partial charge in [-0.25, -0.2) is 9.59 Å². The van der Waals surface area contributed by atoms with Crippen LogP contribution in [0.2, 0.25) is 0 Å². The first-order valence-electron chi connectivity index (χ1n) is 34.2. The maximum absolute atomic E-state index is 11.9. The number of aliphatic carboxylic acids is 4. The van der Waals surface area contributed by atoms with Crippen molar-refractivity contribution >= 4 is 159 Å². The van der Waals surface area contributed by atoms with E-state index in [1.807, 2.05) is 58.1 Å². The van der Waals surface area contributed by atoms with Gasteiger partial charge in [-0.3, -0.25) is 28.8 Å². The van der Waals surface area contributed by atoms with Crippen LogP contribution in [-0.2, 0) is 52.7 Å². The molecule has 0 saturated heterocycles. The largest absolute Gasteiger partial charge is 0.480 e. The third kappa shape index (κ3) is 122. The molecule has 0 aliphatic rings. The van der Waals surface area contributed by atoms with Crippen LogP contribution >= 0.6 is 106 Å². The summed E-state index contributed by atoms with van der Waals surface area (Å²) in [5.41, 5.74) is 15.9. The van der Waals surface area contributed by atoms with Crippen molar-refractivity contribution in [3.05, 3.63) is 0 Å². The number of ether oxygens (including phenoxy) is 1. The van der Waals surface area contributed by atoms with Crippen LogP contribution in [-0.4, -0.2) is 258 Å². The van der Waals surface area contributed by atoms with Crippen molar-refractivity contribution < 1.29 is 88.4 Å². The molecule has 3 amide bonds. The number of aliphatic hydroxyl groups is 3. The molecular weight excluding hydrogens is 1480 g/mol. The number of amides is 3. The zero-order valence-electron chi connectivity index (χ0n) is 65.7. The molecule has 0 aromatic heterocycles. The van der Waals surface area contributed by atoms with E-state index >= 15 is 0 Å². The Morgan fingerprint density at radius 1 is 0.436 bits per heavy atom. The number of aliphatic hydroxyl groups excluding tert-OH is 3. The second kappa shape index (κ2) is 87.1. The molecule has 7 unspecified atom stereocenters. The van der Waals surface area contributed by atoms with Gasteiger partial charge in [0.1, 0.15) is 24.2 Å². The fourth-order valence-electron chi connectivity index (χ4n) is 5.45. The highest BCUT2D eigenvalue weighted by Gasteiger charge is 2.22. The molecule has 0 aromatic rings. The summed E-state index contributed by atoms with van der Waals surface area (Å²) >= 11 is 15.6. The highest BCUT2D eigenvalue weighted by molar-refractivity contribution is 8.01. The number of hydrogen-bond donors (Lipinski definition) is 13. The smallest absolute Gasteiger partial charge is 0.373 e. The standard InChI is InChI=1S/C13H26N2O2S.C9H17NO3S.C8H15NO3S.C7H15NO2S.C7H16O2S.C6H13NO2S.C6H14OS.C6H14S.C5H12OS.CO2/c1-4-6-12(16)11(9-18-10(2)3)15-13(17)7-5-8-14;1-6(2)14-5-4-8(9(12)13)10-7(3)11;1-5(2)13-4-7(8(11)12)9-6(3)10;1-5(2)11-4-3-6(8)7(9)10;1-5(2)10-4-7(9)6(3)8;1-4(2)10-3-5(7)6(8)9;1-6(2)8-5-4-7-3;1-4-5-7-6(2)3;1-5(2)7-4-3-6;2-1-3/h10-11H,4-9,14H2,1-3H3,(H,15,17);6,8H,4-5H2,1-3H3,(H,10,11)(H,12,13);5,7H,4H2,1-3H3,(H,9,10)(H,11,12);5-6H,3-4,8H2,1-2H3,(H,9,10);5-9H,4H2,1-3H3;4-5H,3,7H2,1-2H3,(H,8,9);6H,4-5H2,1-3H3;6H,4-5H2,1-3H3;5-6H,3-4H2,1-2H3;. The molecule has 33 heteroatoms. The lowest BCUT2D eigenvalue weighted by molar-refractivity contribution is -0.192. The van der Waals surface area contributed by atoms with Crippen LogP contribution in [0.1, 0.15) is 204 Å². The van der Waals surface area contributed by atoms with Crippen LogP contribution < -0.4 is 33.2 Å². The van der Waals surface area contributed by atoms with Gasteiger partial charge in [0.2, 0.25) is 17.7 Å². The van der Waals surface area contributed by atoms with Gasteiger partial charge in [-0.1, -0.05) is 138 Å². The van der Waals surface area contributed by atoms with Crippen molar-refractivity contribution in [1.82, 2.24) is 16.0 Å². The van der Waals surface area contributed by atoms with E-state index in [0.717, 1.165) is 46.5 Å². The summed E-state index contributed by atoms with van der Waals surface area (Å²) < 4.78 is 4.87. The number of rotatable bonds is 44. The number of ketones is 1. The van der Waals surface area contributed by atoms with E-state index in [-0.39, 0.29) is 35.7 Å². The van der Waals surface area contributed by atoms with Gasteiger partial charge < -0.3 is 73.6 Å². The average molecular weight is 1620 g/mol.